The Kier molecular flexibility index (Phi) is 2.83. The molecule has 1 N–H and O–H groups in total. The monoisotopic (exact) mass is 254 g/mol. The number of aliphatic hydroxyl groups is 1. The van der Waals surface area contributed by atoms with Crippen molar-refractivity contribution in [1.82, 2.24) is 0 Å². The highest BCUT2D eigenvalue weighted by atomic mass is 32.2. The molecule has 2 rings (SSSR count). The molecule has 1 aromatic rings. The number of aryl methyl sites for hydroxylation is 2. The summed E-state index contributed by atoms with van der Waals surface area (Å²) in [7, 11) is -3.23. The van der Waals surface area contributed by atoms with Crippen LogP contribution in [0.25, 0.3) is 0 Å². The molecular formula is C13H18O3S. The maximum atomic E-state index is 11.7. The quantitative estimate of drug-likeness (QED) is 0.894. The Hall–Kier alpha value is -0.870. The van der Waals surface area contributed by atoms with Crippen LogP contribution in [0.3, 0.4) is 0 Å². The van der Waals surface area contributed by atoms with E-state index in [1.807, 2.05) is 19.9 Å². The first-order valence-corrected chi connectivity index (χ1v) is 7.63. The van der Waals surface area contributed by atoms with Crippen LogP contribution in [0.5, 0.6) is 0 Å². The molecule has 0 heterocycles. The van der Waals surface area contributed by atoms with Crippen LogP contribution in [0.2, 0.25) is 0 Å². The fraction of sp³-hybridized carbons (Fsp3) is 0.538. The molecule has 17 heavy (non-hydrogen) atoms. The van der Waals surface area contributed by atoms with Gasteiger partial charge in [-0.05, 0) is 49.4 Å². The highest BCUT2D eigenvalue weighted by Crippen LogP contribution is 2.39. The van der Waals surface area contributed by atoms with Gasteiger partial charge in [0.2, 0.25) is 0 Å². The van der Waals surface area contributed by atoms with Crippen LogP contribution in [0.1, 0.15) is 29.5 Å². The summed E-state index contributed by atoms with van der Waals surface area (Å²) in [6.45, 7) is 3.86. The van der Waals surface area contributed by atoms with Crippen molar-refractivity contribution in [2.24, 2.45) is 0 Å². The smallest absolute Gasteiger partial charge is 0.175 e. The molecule has 94 valence electrons. The van der Waals surface area contributed by atoms with Gasteiger partial charge in [0, 0.05) is 12.7 Å². The number of benzene rings is 1. The van der Waals surface area contributed by atoms with Gasteiger partial charge in [0.05, 0.1) is 10.5 Å². The Balaban J connectivity index is 2.51. The molecule has 0 unspecified atom stereocenters. The average Bonchev–Trinajstić information content (AvgIpc) is 2.88. The summed E-state index contributed by atoms with van der Waals surface area (Å²) in [5.74, 6) is 0. The predicted molar refractivity (Wildman–Crippen MR) is 66.9 cm³/mol. The van der Waals surface area contributed by atoms with Crippen LogP contribution in [0.4, 0.5) is 0 Å². The van der Waals surface area contributed by atoms with E-state index in [-0.39, 0.29) is 0 Å². The van der Waals surface area contributed by atoms with E-state index in [0.29, 0.717) is 11.3 Å². The van der Waals surface area contributed by atoms with Gasteiger partial charge in [-0.1, -0.05) is 6.07 Å². The SMILES string of the molecule is Cc1cc(CC2(O)CC2)c(S(C)(=O)=O)cc1C. The minimum Gasteiger partial charge on any atom is -0.390 e. The third-order valence-corrected chi connectivity index (χ3v) is 4.60. The molecule has 3 nitrogen and oxygen atoms in total. The van der Waals surface area contributed by atoms with Crippen LogP contribution in [0.15, 0.2) is 17.0 Å². The zero-order valence-electron chi connectivity index (χ0n) is 10.4. The summed E-state index contributed by atoms with van der Waals surface area (Å²) >= 11 is 0. The number of rotatable bonds is 3. The summed E-state index contributed by atoms with van der Waals surface area (Å²) in [6, 6.07) is 3.60. The molecule has 4 heteroatoms. The van der Waals surface area contributed by atoms with Crippen molar-refractivity contribution < 1.29 is 13.5 Å². The lowest BCUT2D eigenvalue weighted by Gasteiger charge is -2.14. The molecule has 1 fully saturated rings. The second kappa shape index (κ2) is 3.82. The average molecular weight is 254 g/mol. The van der Waals surface area contributed by atoms with Gasteiger partial charge in [0.1, 0.15) is 0 Å². The minimum atomic E-state index is -3.23. The lowest BCUT2D eigenvalue weighted by molar-refractivity contribution is 0.150. The second-order valence-electron chi connectivity index (χ2n) is 5.22. The Bertz CT molecular complexity index is 554. The van der Waals surface area contributed by atoms with E-state index in [9.17, 15) is 13.5 Å². The van der Waals surface area contributed by atoms with E-state index in [1.165, 1.54) is 6.26 Å². The van der Waals surface area contributed by atoms with E-state index < -0.39 is 15.4 Å². The van der Waals surface area contributed by atoms with E-state index in [4.69, 9.17) is 0 Å². The predicted octanol–water partition coefficient (Wildman–Crippen LogP) is 1.77. The molecule has 1 aliphatic rings. The van der Waals surface area contributed by atoms with Gasteiger partial charge in [-0.15, -0.1) is 0 Å². The van der Waals surface area contributed by atoms with Gasteiger partial charge in [0.15, 0.2) is 9.84 Å². The molecule has 0 atom stereocenters. The third kappa shape index (κ3) is 2.69. The lowest BCUT2D eigenvalue weighted by atomic mass is 10.0. The Morgan fingerprint density at radius 3 is 2.24 bits per heavy atom. The standard InChI is InChI=1S/C13H18O3S/c1-9-6-11(8-13(14)4-5-13)12(7-10(9)2)17(3,15)16/h6-7,14H,4-5,8H2,1-3H3. The Morgan fingerprint density at radius 1 is 1.24 bits per heavy atom. The lowest BCUT2D eigenvalue weighted by Crippen LogP contribution is -2.14. The first kappa shape index (κ1) is 12.6. The van der Waals surface area contributed by atoms with Crippen molar-refractivity contribution in [2.75, 3.05) is 6.26 Å². The Labute approximate surface area is 102 Å². The van der Waals surface area contributed by atoms with Crippen molar-refractivity contribution in [2.45, 2.75) is 43.6 Å². The number of sulfone groups is 1. The molecule has 0 aliphatic heterocycles. The molecular weight excluding hydrogens is 236 g/mol. The maximum absolute atomic E-state index is 11.7. The summed E-state index contributed by atoms with van der Waals surface area (Å²) in [5.41, 5.74) is 2.12. The van der Waals surface area contributed by atoms with E-state index >= 15 is 0 Å². The fourth-order valence-electron chi connectivity index (χ4n) is 2.01. The van der Waals surface area contributed by atoms with Gasteiger partial charge >= 0.3 is 0 Å². The maximum Gasteiger partial charge on any atom is 0.175 e. The number of hydrogen-bond donors (Lipinski definition) is 1. The molecule has 1 saturated carbocycles. The van der Waals surface area contributed by atoms with Crippen LogP contribution in [-0.4, -0.2) is 25.4 Å². The van der Waals surface area contributed by atoms with Crippen LogP contribution < -0.4 is 0 Å². The molecule has 1 aromatic carbocycles. The Morgan fingerprint density at radius 2 is 1.76 bits per heavy atom. The molecule has 0 amide bonds. The van der Waals surface area contributed by atoms with Crippen LogP contribution in [-0.2, 0) is 16.3 Å². The fourth-order valence-corrected chi connectivity index (χ4v) is 3.01. The molecule has 0 spiro atoms. The van der Waals surface area contributed by atoms with E-state index in [1.54, 1.807) is 6.07 Å². The van der Waals surface area contributed by atoms with E-state index in [0.717, 1.165) is 29.5 Å². The van der Waals surface area contributed by atoms with Gasteiger partial charge in [-0.2, -0.15) is 0 Å². The van der Waals surface area contributed by atoms with Gasteiger partial charge in [0.25, 0.3) is 0 Å². The molecule has 0 bridgehead atoms. The highest BCUT2D eigenvalue weighted by molar-refractivity contribution is 7.90. The van der Waals surface area contributed by atoms with Gasteiger partial charge < -0.3 is 5.11 Å². The zero-order chi connectivity index (χ0) is 12.8. The summed E-state index contributed by atoms with van der Waals surface area (Å²) in [5, 5.41) is 9.94. The van der Waals surface area contributed by atoms with Crippen LogP contribution in [0, 0.1) is 13.8 Å². The first-order chi connectivity index (χ1) is 7.71. The summed E-state index contributed by atoms with van der Waals surface area (Å²) in [6.07, 6.45) is 3.19. The highest BCUT2D eigenvalue weighted by Gasteiger charge is 2.41. The van der Waals surface area contributed by atoms with Crippen molar-refractivity contribution in [1.29, 1.82) is 0 Å². The first-order valence-electron chi connectivity index (χ1n) is 5.74. The topological polar surface area (TPSA) is 54.4 Å². The third-order valence-electron chi connectivity index (χ3n) is 3.42. The van der Waals surface area contributed by atoms with Crippen molar-refractivity contribution >= 4 is 9.84 Å². The molecule has 0 radical (unpaired) electrons. The molecule has 1 aliphatic carbocycles. The van der Waals surface area contributed by atoms with Gasteiger partial charge in [-0.25, -0.2) is 8.42 Å². The van der Waals surface area contributed by atoms with Crippen molar-refractivity contribution in [3.05, 3.63) is 28.8 Å². The largest absolute Gasteiger partial charge is 0.390 e. The normalized spacial score (nSPS) is 18.1. The van der Waals surface area contributed by atoms with Crippen LogP contribution >= 0.6 is 0 Å². The molecule has 0 saturated heterocycles. The van der Waals surface area contributed by atoms with Crippen molar-refractivity contribution in [3.63, 3.8) is 0 Å². The summed E-state index contributed by atoms with van der Waals surface area (Å²) < 4.78 is 23.5. The van der Waals surface area contributed by atoms with E-state index in [2.05, 4.69) is 0 Å². The van der Waals surface area contributed by atoms with Crippen molar-refractivity contribution in [3.8, 4) is 0 Å². The summed E-state index contributed by atoms with van der Waals surface area (Å²) in [4.78, 5) is 0.362. The van der Waals surface area contributed by atoms with Gasteiger partial charge in [-0.3, -0.25) is 0 Å². The number of hydrogen-bond acceptors (Lipinski definition) is 3. The second-order valence-corrected chi connectivity index (χ2v) is 7.20. The zero-order valence-corrected chi connectivity index (χ0v) is 11.3. The minimum absolute atomic E-state index is 0.362. The molecule has 0 aromatic heterocycles.